The van der Waals surface area contributed by atoms with Crippen molar-refractivity contribution in [1.82, 2.24) is 10.3 Å². The van der Waals surface area contributed by atoms with Crippen molar-refractivity contribution in [1.29, 1.82) is 0 Å². The van der Waals surface area contributed by atoms with Crippen molar-refractivity contribution in [3.05, 3.63) is 36.0 Å². The molecule has 6 nitrogen and oxygen atoms in total. The summed E-state index contributed by atoms with van der Waals surface area (Å²) in [7, 11) is 0. The van der Waals surface area contributed by atoms with Crippen molar-refractivity contribution in [3.63, 3.8) is 0 Å². The van der Waals surface area contributed by atoms with Crippen LogP contribution in [0.1, 0.15) is 5.56 Å². The fraction of sp³-hybridized carbons (Fsp3) is 0.286. The quantitative estimate of drug-likeness (QED) is 0.718. The van der Waals surface area contributed by atoms with Gasteiger partial charge >= 0.3 is 0 Å². The van der Waals surface area contributed by atoms with E-state index >= 15 is 0 Å². The second-order valence-corrected chi connectivity index (χ2v) is 4.32. The minimum atomic E-state index is -1.34. The molecule has 0 atom stereocenters. The molecule has 6 heteroatoms. The van der Waals surface area contributed by atoms with Gasteiger partial charge in [-0.1, -0.05) is 18.2 Å². The number of hydrogen-bond donors (Lipinski definition) is 2. The highest BCUT2D eigenvalue weighted by molar-refractivity contribution is 5.83. The van der Waals surface area contributed by atoms with E-state index in [1.165, 1.54) is 0 Å². The Balaban J connectivity index is 1.75. The largest absolute Gasteiger partial charge is 0.548 e. The molecule has 0 saturated heterocycles. The number of carbonyl (C=O) groups is 2. The van der Waals surface area contributed by atoms with E-state index in [0.29, 0.717) is 13.0 Å². The van der Waals surface area contributed by atoms with Crippen LogP contribution >= 0.6 is 0 Å². The number of hydrogen-bond acceptors (Lipinski definition) is 4. The van der Waals surface area contributed by atoms with E-state index in [2.05, 4.69) is 15.0 Å². The van der Waals surface area contributed by atoms with Crippen LogP contribution in [0.2, 0.25) is 0 Å². The van der Waals surface area contributed by atoms with Crippen LogP contribution in [0.5, 0.6) is 0 Å². The van der Waals surface area contributed by atoms with E-state index in [9.17, 15) is 14.7 Å². The fourth-order valence-corrected chi connectivity index (χ4v) is 1.95. The Labute approximate surface area is 115 Å². The van der Waals surface area contributed by atoms with Gasteiger partial charge in [0.2, 0.25) is 5.91 Å². The summed E-state index contributed by atoms with van der Waals surface area (Å²) >= 11 is 0. The molecule has 1 heterocycles. The van der Waals surface area contributed by atoms with Crippen molar-refractivity contribution in [2.75, 3.05) is 19.8 Å². The molecule has 0 aliphatic heterocycles. The number of carbonyl (C=O) groups excluding carboxylic acids is 2. The van der Waals surface area contributed by atoms with Crippen molar-refractivity contribution in [3.8, 4) is 0 Å². The highest BCUT2D eigenvalue weighted by Gasteiger charge is 2.04. The predicted molar refractivity (Wildman–Crippen MR) is 70.8 cm³/mol. The third kappa shape index (κ3) is 3.83. The molecule has 1 aromatic heterocycles. The molecule has 0 spiro atoms. The Hall–Kier alpha value is -2.34. The number of carboxylic acids is 1. The number of amides is 1. The lowest BCUT2D eigenvalue weighted by Gasteiger charge is -2.06. The van der Waals surface area contributed by atoms with Gasteiger partial charge in [0.05, 0.1) is 12.6 Å². The maximum absolute atomic E-state index is 11.4. The first kappa shape index (κ1) is 14.1. The van der Waals surface area contributed by atoms with Gasteiger partial charge < -0.3 is 24.9 Å². The number of benzene rings is 1. The molecule has 2 rings (SSSR count). The van der Waals surface area contributed by atoms with E-state index in [1.807, 2.05) is 30.5 Å². The molecule has 0 saturated carbocycles. The van der Waals surface area contributed by atoms with Gasteiger partial charge in [0.25, 0.3) is 0 Å². The van der Waals surface area contributed by atoms with Crippen LogP contribution in [0.3, 0.4) is 0 Å². The molecule has 0 aliphatic rings. The van der Waals surface area contributed by atoms with Crippen molar-refractivity contribution in [2.24, 2.45) is 0 Å². The third-order valence-corrected chi connectivity index (χ3v) is 2.84. The Morgan fingerprint density at radius 3 is 2.85 bits per heavy atom. The van der Waals surface area contributed by atoms with Crippen LogP contribution in [0.15, 0.2) is 30.5 Å². The topological polar surface area (TPSA) is 94.2 Å². The first-order chi connectivity index (χ1) is 9.66. The molecule has 2 aromatic rings. The number of H-pyrrole nitrogens is 1. The number of rotatable bonds is 7. The summed E-state index contributed by atoms with van der Waals surface area (Å²) in [6.07, 6.45) is 2.61. The first-order valence-electron chi connectivity index (χ1n) is 6.26. The van der Waals surface area contributed by atoms with Crippen LogP contribution in [0, 0.1) is 0 Å². The van der Waals surface area contributed by atoms with E-state index in [0.717, 1.165) is 16.5 Å². The fourth-order valence-electron chi connectivity index (χ4n) is 1.95. The molecule has 0 radical (unpaired) electrons. The van der Waals surface area contributed by atoms with E-state index in [4.69, 9.17) is 0 Å². The Bertz CT molecular complexity index is 606. The molecule has 20 heavy (non-hydrogen) atoms. The first-order valence-corrected chi connectivity index (χ1v) is 6.26. The molecule has 0 aliphatic carbocycles. The molecule has 106 valence electrons. The third-order valence-electron chi connectivity index (χ3n) is 2.84. The lowest BCUT2D eigenvalue weighted by atomic mass is 10.1. The average molecular weight is 275 g/mol. The SMILES string of the molecule is O=C([O-])COCC(=O)NCCc1c[nH]c2ccccc12. The average Bonchev–Trinajstić information content (AvgIpc) is 2.82. The summed E-state index contributed by atoms with van der Waals surface area (Å²) in [5.74, 6) is -1.68. The van der Waals surface area contributed by atoms with Gasteiger partial charge in [-0.15, -0.1) is 0 Å². The molecule has 0 unspecified atom stereocenters. The molecule has 0 fully saturated rings. The summed E-state index contributed by atoms with van der Waals surface area (Å²) < 4.78 is 4.63. The van der Waals surface area contributed by atoms with E-state index in [1.54, 1.807) is 0 Å². The highest BCUT2D eigenvalue weighted by atomic mass is 16.5. The lowest BCUT2D eigenvalue weighted by molar-refractivity contribution is -0.309. The van der Waals surface area contributed by atoms with Crippen molar-refractivity contribution < 1.29 is 19.4 Å². The molecule has 1 aromatic carbocycles. The summed E-state index contributed by atoms with van der Waals surface area (Å²) in [6, 6.07) is 7.93. The summed E-state index contributed by atoms with van der Waals surface area (Å²) in [4.78, 5) is 24.6. The van der Waals surface area contributed by atoms with Crippen LogP contribution in [0.25, 0.3) is 10.9 Å². The number of para-hydroxylation sites is 1. The zero-order valence-electron chi connectivity index (χ0n) is 10.8. The van der Waals surface area contributed by atoms with Crippen molar-refractivity contribution in [2.45, 2.75) is 6.42 Å². The van der Waals surface area contributed by atoms with Crippen LogP contribution in [-0.2, 0) is 20.7 Å². The normalized spacial score (nSPS) is 10.6. The van der Waals surface area contributed by atoms with E-state index < -0.39 is 12.6 Å². The number of fused-ring (bicyclic) bond motifs is 1. The van der Waals surface area contributed by atoms with Crippen LogP contribution < -0.4 is 10.4 Å². The smallest absolute Gasteiger partial charge is 0.246 e. The number of nitrogens with one attached hydrogen (secondary N) is 2. The Morgan fingerprint density at radius 2 is 2.05 bits per heavy atom. The molecule has 0 bridgehead atoms. The zero-order chi connectivity index (χ0) is 14.4. The molecule has 1 amide bonds. The number of carboxylic acid groups (broad SMARTS) is 1. The standard InChI is InChI=1S/C14H16N2O4/c17-13(8-20-9-14(18)19)15-6-5-10-7-16-12-4-2-1-3-11(10)12/h1-4,7,16H,5-6,8-9H2,(H,15,17)(H,18,19)/p-1. The minimum Gasteiger partial charge on any atom is -0.548 e. The summed E-state index contributed by atoms with van der Waals surface area (Å²) in [5.41, 5.74) is 2.18. The van der Waals surface area contributed by atoms with Gasteiger partial charge in [0.1, 0.15) is 6.61 Å². The Morgan fingerprint density at radius 1 is 1.25 bits per heavy atom. The number of aromatic amines is 1. The number of ether oxygens (including phenoxy) is 1. The number of aromatic nitrogens is 1. The maximum Gasteiger partial charge on any atom is 0.246 e. The Kier molecular flexibility index (Phi) is 4.73. The second kappa shape index (κ2) is 6.72. The molecular weight excluding hydrogens is 260 g/mol. The van der Waals surface area contributed by atoms with Crippen LogP contribution in [0.4, 0.5) is 0 Å². The minimum absolute atomic E-state index is 0.276. The maximum atomic E-state index is 11.4. The van der Waals surface area contributed by atoms with E-state index in [-0.39, 0.29) is 12.5 Å². The molecular formula is C14H15N2O4-. The van der Waals surface area contributed by atoms with Gasteiger partial charge in [0, 0.05) is 23.6 Å². The van der Waals surface area contributed by atoms with Gasteiger partial charge in [-0.05, 0) is 18.1 Å². The number of aliphatic carboxylic acids is 1. The summed E-state index contributed by atoms with van der Waals surface area (Å²) in [6.45, 7) is -0.382. The van der Waals surface area contributed by atoms with Gasteiger partial charge in [0.15, 0.2) is 0 Å². The van der Waals surface area contributed by atoms with Gasteiger partial charge in [-0.2, -0.15) is 0 Å². The van der Waals surface area contributed by atoms with Gasteiger partial charge in [-0.25, -0.2) is 0 Å². The van der Waals surface area contributed by atoms with Crippen molar-refractivity contribution >= 4 is 22.8 Å². The summed E-state index contributed by atoms with van der Waals surface area (Å²) in [5, 5.41) is 13.9. The van der Waals surface area contributed by atoms with Gasteiger partial charge in [-0.3, -0.25) is 4.79 Å². The molecule has 2 N–H and O–H groups in total. The zero-order valence-corrected chi connectivity index (χ0v) is 10.8. The highest BCUT2D eigenvalue weighted by Crippen LogP contribution is 2.17. The monoisotopic (exact) mass is 275 g/mol. The van der Waals surface area contributed by atoms with Crippen LogP contribution in [-0.4, -0.2) is 36.6 Å². The predicted octanol–water partition coefficient (Wildman–Crippen LogP) is -0.407. The lowest BCUT2D eigenvalue weighted by Crippen LogP contribution is -2.33. The second-order valence-electron chi connectivity index (χ2n) is 4.32.